The second-order valence-corrected chi connectivity index (χ2v) is 6.44. The molecule has 0 aliphatic carbocycles. The Labute approximate surface area is 159 Å². The number of allylic oxidation sites excluding steroid dienone is 3. The van der Waals surface area contributed by atoms with Crippen molar-refractivity contribution in [2.24, 2.45) is 0 Å². The van der Waals surface area contributed by atoms with Gasteiger partial charge < -0.3 is 14.2 Å². The molecule has 0 amide bonds. The molecule has 136 valence electrons. The first-order chi connectivity index (χ1) is 12.8. The monoisotopic (exact) mass is 370 g/mol. The molecule has 3 nitrogen and oxygen atoms in total. The number of halogens is 1. The van der Waals surface area contributed by atoms with Crippen LogP contribution in [0.25, 0.3) is 11.1 Å². The molecular formula is C22H23ClO3. The Morgan fingerprint density at radius 2 is 1.65 bits per heavy atom. The van der Waals surface area contributed by atoms with Gasteiger partial charge in [-0.2, -0.15) is 0 Å². The summed E-state index contributed by atoms with van der Waals surface area (Å²) in [6.07, 6.45) is 7.47. The summed E-state index contributed by atoms with van der Waals surface area (Å²) in [4.78, 5) is 0. The molecule has 0 spiro atoms. The van der Waals surface area contributed by atoms with E-state index in [-0.39, 0.29) is 12.4 Å². The van der Waals surface area contributed by atoms with Gasteiger partial charge in [0.15, 0.2) is 6.29 Å². The minimum absolute atomic E-state index is 0.0623. The van der Waals surface area contributed by atoms with E-state index in [4.69, 9.17) is 25.8 Å². The SMILES string of the molecule is C/C=C/C=C/CO[C@@H]1CO[C@@H](c2ccc(-c3ccc(Cl)cc3)cc2)CO1. The van der Waals surface area contributed by atoms with E-state index >= 15 is 0 Å². The van der Waals surface area contributed by atoms with Crippen molar-refractivity contribution in [1.29, 1.82) is 0 Å². The van der Waals surface area contributed by atoms with Gasteiger partial charge in [0.05, 0.1) is 19.8 Å². The summed E-state index contributed by atoms with van der Waals surface area (Å²) in [6.45, 7) is 3.41. The first-order valence-electron chi connectivity index (χ1n) is 8.75. The maximum atomic E-state index is 5.94. The molecule has 0 aromatic heterocycles. The molecule has 0 saturated carbocycles. The summed E-state index contributed by atoms with van der Waals surface area (Å²) in [7, 11) is 0. The highest BCUT2D eigenvalue weighted by Crippen LogP contribution is 2.27. The Bertz CT molecular complexity index is 727. The third kappa shape index (κ3) is 5.29. The van der Waals surface area contributed by atoms with Gasteiger partial charge in [0.1, 0.15) is 6.10 Å². The van der Waals surface area contributed by atoms with Gasteiger partial charge in [-0.3, -0.25) is 0 Å². The highest BCUT2D eigenvalue weighted by atomic mass is 35.5. The summed E-state index contributed by atoms with van der Waals surface area (Å²) in [5.74, 6) is 0. The normalized spacial score (nSPS) is 20.8. The molecule has 2 atom stereocenters. The average molecular weight is 371 g/mol. The van der Waals surface area contributed by atoms with Gasteiger partial charge in [-0.05, 0) is 35.7 Å². The van der Waals surface area contributed by atoms with E-state index in [0.29, 0.717) is 19.8 Å². The van der Waals surface area contributed by atoms with Crippen LogP contribution in [0.3, 0.4) is 0 Å². The number of benzene rings is 2. The summed E-state index contributed by atoms with van der Waals surface area (Å²) in [6, 6.07) is 16.2. The lowest BCUT2D eigenvalue weighted by molar-refractivity contribution is -0.232. The van der Waals surface area contributed by atoms with E-state index in [2.05, 4.69) is 24.3 Å². The highest BCUT2D eigenvalue weighted by molar-refractivity contribution is 6.30. The first kappa shape index (κ1) is 18.9. The van der Waals surface area contributed by atoms with Crippen molar-refractivity contribution in [2.45, 2.75) is 19.3 Å². The zero-order valence-corrected chi connectivity index (χ0v) is 15.6. The fraction of sp³-hybridized carbons (Fsp3) is 0.273. The number of hydrogen-bond donors (Lipinski definition) is 0. The molecule has 1 fully saturated rings. The van der Waals surface area contributed by atoms with Gasteiger partial charge >= 0.3 is 0 Å². The minimum Gasteiger partial charge on any atom is -0.366 e. The van der Waals surface area contributed by atoms with Crippen LogP contribution < -0.4 is 0 Å². The fourth-order valence-electron chi connectivity index (χ4n) is 2.72. The van der Waals surface area contributed by atoms with Gasteiger partial charge in [0.25, 0.3) is 0 Å². The smallest absolute Gasteiger partial charge is 0.181 e. The second-order valence-electron chi connectivity index (χ2n) is 6.00. The highest BCUT2D eigenvalue weighted by Gasteiger charge is 2.23. The minimum atomic E-state index is -0.310. The molecule has 1 aliphatic heterocycles. The first-order valence-corrected chi connectivity index (χ1v) is 9.12. The van der Waals surface area contributed by atoms with Crippen molar-refractivity contribution in [1.82, 2.24) is 0 Å². The quantitative estimate of drug-likeness (QED) is 0.622. The third-order valence-corrected chi connectivity index (χ3v) is 4.40. The standard InChI is InChI=1S/C22H23ClO3/c1-2-3-4-5-14-24-22-16-25-21(15-26-22)19-8-6-17(7-9-19)18-10-12-20(23)13-11-18/h2-13,21-22H,14-16H2,1H3/b3-2+,5-4+/t21-,22+/m1/s1. The van der Waals surface area contributed by atoms with Crippen molar-refractivity contribution in [3.05, 3.63) is 83.4 Å². The van der Waals surface area contributed by atoms with Crippen LogP contribution >= 0.6 is 11.6 Å². The Hall–Kier alpha value is -1.91. The van der Waals surface area contributed by atoms with Crippen LogP contribution in [0.2, 0.25) is 5.02 Å². The molecule has 0 unspecified atom stereocenters. The molecule has 1 aliphatic rings. The van der Waals surface area contributed by atoms with E-state index in [9.17, 15) is 0 Å². The molecule has 1 heterocycles. The van der Waals surface area contributed by atoms with Crippen molar-refractivity contribution in [2.75, 3.05) is 19.8 Å². The van der Waals surface area contributed by atoms with Gasteiger partial charge in [0.2, 0.25) is 0 Å². The topological polar surface area (TPSA) is 27.7 Å². The molecule has 0 N–H and O–H groups in total. The van der Waals surface area contributed by atoms with E-state index in [1.165, 1.54) is 0 Å². The zero-order valence-electron chi connectivity index (χ0n) is 14.8. The van der Waals surface area contributed by atoms with E-state index < -0.39 is 0 Å². The van der Waals surface area contributed by atoms with Crippen LogP contribution in [-0.2, 0) is 14.2 Å². The maximum Gasteiger partial charge on any atom is 0.181 e. The van der Waals surface area contributed by atoms with Crippen LogP contribution in [0.15, 0.2) is 72.8 Å². The van der Waals surface area contributed by atoms with Crippen molar-refractivity contribution < 1.29 is 14.2 Å². The molecule has 26 heavy (non-hydrogen) atoms. The molecule has 1 saturated heterocycles. The van der Waals surface area contributed by atoms with E-state index in [1.54, 1.807) is 0 Å². The Kier molecular flexibility index (Phi) is 7.04. The lowest BCUT2D eigenvalue weighted by Gasteiger charge is -2.29. The lowest BCUT2D eigenvalue weighted by atomic mass is 10.0. The maximum absolute atomic E-state index is 5.94. The van der Waals surface area contributed by atoms with Crippen molar-refractivity contribution >= 4 is 11.6 Å². The summed E-state index contributed by atoms with van der Waals surface area (Å²) in [5.41, 5.74) is 3.40. The fourth-order valence-corrected chi connectivity index (χ4v) is 2.84. The average Bonchev–Trinajstić information content (AvgIpc) is 2.69. The predicted octanol–water partition coefficient (Wildman–Crippen LogP) is 5.57. The van der Waals surface area contributed by atoms with Crippen LogP contribution in [-0.4, -0.2) is 26.1 Å². The molecule has 2 aromatic rings. The van der Waals surface area contributed by atoms with Crippen LogP contribution in [0.5, 0.6) is 0 Å². The number of hydrogen-bond acceptors (Lipinski definition) is 3. The Morgan fingerprint density at radius 1 is 0.962 bits per heavy atom. The largest absolute Gasteiger partial charge is 0.366 e. The second kappa shape index (κ2) is 9.70. The molecule has 4 heteroatoms. The van der Waals surface area contributed by atoms with Crippen LogP contribution in [0.4, 0.5) is 0 Å². The molecule has 0 radical (unpaired) electrons. The number of rotatable bonds is 6. The molecule has 2 aromatic carbocycles. The summed E-state index contributed by atoms with van der Waals surface area (Å²) >= 11 is 5.94. The van der Waals surface area contributed by atoms with Gasteiger partial charge in [0, 0.05) is 5.02 Å². The van der Waals surface area contributed by atoms with Crippen LogP contribution in [0.1, 0.15) is 18.6 Å². The van der Waals surface area contributed by atoms with Crippen molar-refractivity contribution in [3.8, 4) is 11.1 Å². The van der Waals surface area contributed by atoms with Crippen molar-refractivity contribution in [3.63, 3.8) is 0 Å². The molecular weight excluding hydrogens is 348 g/mol. The van der Waals surface area contributed by atoms with Gasteiger partial charge in [-0.1, -0.05) is 72.3 Å². The Morgan fingerprint density at radius 3 is 2.27 bits per heavy atom. The van der Waals surface area contributed by atoms with Gasteiger partial charge in [-0.15, -0.1) is 0 Å². The summed E-state index contributed by atoms with van der Waals surface area (Å²) in [5, 5.41) is 0.743. The number of ether oxygens (including phenoxy) is 3. The third-order valence-electron chi connectivity index (χ3n) is 4.14. The van der Waals surface area contributed by atoms with Gasteiger partial charge in [-0.25, -0.2) is 0 Å². The predicted molar refractivity (Wildman–Crippen MR) is 105 cm³/mol. The molecule has 0 bridgehead atoms. The zero-order chi connectivity index (χ0) is 18.2. The Balaban J connectivity index is 1.51. The lowest BCUT2D eigenvalue weighted by Crippen LogP contribution is -2.33. The van der Waals surface area contributed by atoms with E-state index in [0.717, 1.165) is 21.7 Å². The van der Waals surface area contributed by atoms with Crippen LogP contribution in [0, 0.1) is 0 Å². The summed E-state index contributed by atoms with van der Waals surface area (Å²) < 4.78 is 17.3. The van der Waals surface area contributed by atoms with E-state index in [1.807, 2.05) is 55.5 Å². The molecule has 3 rings (SSSR count).